The number of pyridine rings is 1. The minimum atomic E-state index is 0.305. The molecule has 18 heavy (non-hydrogen) atoms. The predicted molar refractivity (Wildman–Crippen MR) is 67.3 cm³/mol. The molecule has 90 valence electrons. The van der Waals surface area contributed by atoms with Crippen LogP contribution in [0, 0.1) is 6.92 Å². The molecule has 0 radical (unpaired) electrons. The van der Waals surface area contributed by atoms with Gasteiger partial charge in [0.15, 0.2) is 6.61 Å². The Morgan fingerprint density at radius 1 is 1.17 bits per heavy atom. The van der Waals surface area contributed by atoms with Crippen LogP contribution in [-0.2, 0) is 6.61 Å². The smallest absolute Gasteiger partial charge is 0.247 e. The van der Waals surface area contributed by atoms with Crippen molar-refractivity contribution in [2.24, 2.45) is 0 Å². The zero-order valence-corrected chi connectivity index (χ0v) is 9.96. The lowest BCUT2D eigenvalue weighted by Gasteiger charge is -2.01. The first-order valence-electron chi connectivity index (χ1n) is 5.72. The van der Waals surface area contributed by atoms with E-state index in [1.165, 1.54) is 0 Å². The number of aromatic nitrogens is 2. The molecule has 0 amide bonds. The Labute approximate surface area is 104 Å². The third-order valence-electron chi connectivity index (χ3n) is 2.65. The topological polar surface area (TPSA) is 48.2 Å². The highest BCUT2D eigenvalue weighted by molar-refractivity contribution is 5.71. The first-order chi connectivity index (χ1) is 8.83. The summed E-state index contributed by atoms with van der Waals surface area (Å²) in [6, 6.07) is 11.5. The molecule has 1 aromatic carbocycles. The van der Waals surface area contributed by atoms with E-state index in [1.807, 2.05) is 43.3 Å². The Hall–Kier alpha value is -2.36. The van der Waals surface area contributed by atoms with Crippen molar-refractivity contribution in [3.8, 4) is 5.75 Å². The van der Waals surface area contributed by atoms with Crippen molar-refractivity contribution in [1.82, 2.24) is 9.97 Å². The summed E-state index contributed by atoms with van der Waals surface area (Å²) in [4.78, 5) is 8.51. The third kappa shape index (κ3) is 2.05. The van der Waals surface area contributed by atoms with Crippen molar-refractivity contribution in [3.63, 3.8) is 0 Å². The van der Waals surface area contributed by atoms with Gasteiger partial charge in [-0.1, -0.05) is 18.2 Å². The molecule has 4 heteroatoms. The van der Waals surface area contributed by atoms with Crippen LogP contribution in [0.4, 0.5) is 0 Å². The molecule has 0 unspecified atom stereocenters. The first kappa shape index (κ1) is 10.8. The lowest BCUT2D eigenvalue weighted by atomic mass is 10.3. The van der Waals surface area contributed by atoms with Crippen molar-refractivity contribution >= 4 is 11.2 Å². The van der Waals surface area contributed by atoms with E-state index < -0.39 is 0 Å². The van der Waals surface area contributed by atoms with Gasteiger partial charge < -0.3 is 9.15 Å². The van der Waals surface area contributed by atoms with Crippen molar-refractivity contribution in [1.29, 1.82) is 0 Å². The standard InChI is InChI=1S/C14H12N2O2/c1-10-7-8-15-14-13(10)16-12(18-14)9-17-11-5-3-2-4-6-11/h2-8H,9H2,1H3. The van der Waals surface area contributed by atoms with Crippen LogP contribution in [0.15, 0.2) is 47.0 Å². The molecule has 0 aliphatic rings. The molecule has 0 atom stereocenters. The first-order valence-corrected chi connectivity index (χ1v) is 5.72. The molecule has 0 aliphatic carbocycles. The van der Waals surface area contributed by atoms with Crippen LogP contribution in [0.1, 0.15) is 11.5 Å². The van der Waals surface area contributed by atoms with Gasteiger partial charge >= 0.3 is 0 Å². The summed E-state index contributed by atoms with van der Waals surface area (Å²) in [5.41, 5.74) is 2.40. The van der Waals surface area contributed by atoms with Crippen LogP contribution in [0.3, 0.4) is 0 Å². The molecule has 3 rings (SSSR count). The molecule has 0 saturated heterocycles. The second-order valence-corrected chi connectivity index (χ2v) is 3.99. The number of oxazole rings is 1. The van der Waals surface area contributed by atoms with Gasteiger partial charge in [-0.25, -0.2) is 9.97 Å². The largest absolute Gasteiger partial charge is 0.484 e. The van der Waals surface area contributed by atoms with Gasteiger partial charge in [-0.15, -0.1) is 0 Å². The zero-order valence-electron chi connectivity index (χ0n) is 9.96. The Morgan fingerprint density at radius 3 is 2.78 bits per heavy atom. The van der Waals surface area contributed by atoms with Crippen molar-refractivity contribution in [2.45, 2.75) is 13.5 Å². The monoisotopic (exact) mass is 240 g/mol. The molecular formula is C14H12N2O2. The minimum Gasteiger partial charge on any atom is -0.484 e. The fourth-order valence-corrected chi connectivity index (χ4v) is 1.72. The van der Waals surface area contributed by atoms with Crippen LogP contribution < -0.4 is 4.74 Å². The summed E-state index contributed by atoms with van der Waals surface area (Å²) in [5, 5.41) is 0. The lowest BCUT2D eigenvalue weighted by molar-refractivity contribution is 0.266. The molecule has 0 saturated carbocycles. The van der Waals surface area contributed by atoms with Crippen LogP contribution in [-0.4, -0.2) is 9.97 Å². The van der Waals surface area contributed by atoms with E-state index in [0.29, 0.717) is 18.2 Å². The number of ether oxygens (including phenoxy) is 1. The fraction of sp³-hybridized carbons (Fsp3) is 0.143. The number of para-hydroxylation sites is 1. The number of hydrogen-bond donors (Lipinski definition) is 0. The summed E-state index contributed by atoms with van der Waals surface area (Å²) >= 11 is 0. The van der Waals surface area contributed by atoms with Gasteiger partial charge in [0, 0.05) is 6.20 Å². The fourth-order valence-electron chi connectivity index (χ4n) is 1.72. The Balaban J connectivity index is 1.81. The molecule has 2 aromatic heterocycles. The second kappa shape index (κ2) is 4.49. The molecule has 0 spiro atoms. The average Bonchev–Trinajstić information content (AvgIpc) is 2.82. The van der Waals surface area contributed by atoms with Crippen LogP contribution in [0.5, 0.6) is 5.75 Å². The summed E-state index contributed by atoms with van der Waals surface area (Å²) in [6.45, 7) is 2.29. The highest BCUT2D eigenvalue weighted by Gasteiger charge is 2.09. The van der Waals surface area contributed by atoms with E-state index in [4.69, 9.17) is 9.15 Å². The van der Waals surface area contributed by atoms with Crippen LogP contribution in [0.2, 0.25) is 0 Å². The molecule has 3 aromatic rings. The highest BCUT2D eigenvalue weighted by Crippen LogP contribution is 2.18. The van der Waals surface area contributed by atoms with Crippen molar-refractivity contribution in [3.05, 3.63) is 54.0 Å². The highest BCUT2D eigenvalue weighted by atomic mass is 16.5. The van der Waals surface area contributed by atoms with Gasteiger partial charge in [0.25, 0.3) is 0 Å². The Bertz CT molecular complexity index is 662. The summed E-state index contributed by atoms with van der Waals surface area (Å²) < 4.78 is 11.1. The molecule has 4 nitrogen and oxygen atoms in total. The molecule has 2 heterocycles. The van der Waals surface area contributed by atoms with Gasteiger partial charge in [-0.3, -0.25) is 0 Å². The Kier molecular flexibility index (Phi) is 2.68. The minimum absolute atomic E-state index is 0.305. The summed E-state index contributed by atoms with van der Waals surface area (Å²) in [5.74, 6) is 1.33. The number of nitrogens with zero attached hydrogens (tertiary/aromatic N) is 2. The van der Waals surface area contributed by atoms with Gasteiger partial charge in [0.05, 0.1) is 0 Å². The molecule has 0 aliphatic heterocycles. The average molecular weight is 240 g/mol. The van der Waals surface area contributed by atoms with Crippen LogP contribution in [0.25, 0.3) is 11.2 Å². The number of fused-ring (bicyclic) bond motifs is 1. The number of aryl methyl sites for hydroxylation is 1. The van der Waals surface area contributed by atoms with Crippen LogP contribution >= 0.6 is 0 Å². The maximum Gasteiger partial charge on any atom is 0.247 e. The number of rotatable bonds is 3. The van der Waals surface area contributed by atoms with E-state index >= 15 is 0 Å². The van der Waals surface area contributed by atoms with E-state index in [-0.39, 0.29) is 0 Å². The quantitative estimate of drug-likeness (QED) is 0.705. The van der Waals surface area contributed by atoms with Crippen molar-refractivity contribution in [2.75, 3.05) is 0 Å². The van der Waals surface area contributed by atoms with Gasteiger partial charge in [0.1, 0.15) is 11.3 Å². The molecule has 0 N–H and O–H groups in total. The SMILES string of the molecule is Cc1ccnc2oc(COc3ccccc3)nc12. The number of hydrogen-bond acceptors (Lipinski definition) is 4. The number of benzene rings is 1. The van der Waals surface area contributed by atoms with Gasteiger partial charge in [0.2, 0.25) is 11.6 Å². The summed E-state index contributed by atoms with van der Waals surface area (Å²) in [7, 11) is 0. The van der Waals surface area contributed by atoms with E-state index in [9.17, 15) is 0 Å². The normalized spacial score (nSPS) is 10.7. The Morgan fingerprint density at radius 2 is 2.00 bits per heavy atom. The van der Waals surface area contributed by atoms with Gasteiger partial charge in [-0.05, 0) is 30.7 Å². The van der Waals surface area contributed by atoms with E-state index in [1.54, 1.807) is 6.20 Å². The zero-order chi connectivity index (χ0) is 12.4. The third-order valence-corrected chi connectivity index (χ3v) is 2.65. The van der Waals surface area contributed by atoms with E-state index in [2.05, 4.69) is 9.97 Å². The van der Waals surface area contributed by atoms with Gasteiger partial charge in [-0.2, -0.15) is 0 Å². The molecule has 0 fully saturated rings. The maximum atomic E-state index is 5.58. The second-order valence-electron chi connectivity index (χ2n) is 3.99. The summed E-state index contributed by atoms with van der Waals surface area (Å²) in [6.07, 6.45) is 1.71. The molecule has 0 bridgehead atoms. The maximum absolute atomic E-state index is 5.58. The molecular weight excluding hydrogens is 228 g/mol. The van der Waals surface area contributed by atoms with E-state index in [0.717, 1.165) is 16.8 Å². The predicted octanol–water partition coefficient (Wildman–Crippen LogP) is 3.11. The lowest BCUT2D eigenvalue weighted by Crippen LogP contribution is -1.94. The van der Waals surface area contributed by atoms with Crippen molar-refractivity contribution < 1.29 is 9.15 Å².